The van der Waals surface area contributed by atoms with Crippen LogP contribution in [0, 0.1) is 13.8 Å². The van der Waals surface area contributed by atoms with E-state index in [2.05, 4.69) is 15.7 Å². The zero-order chi connectivity index (χ0) is 20.2. The second-order valence-electron chi connectivity index (χ2n) is 8.72. The van der Waals surface area contributed by atoms with Gasteiger partial charge in [0.05, 0.1) is 30.2 Å². The van der Waals surface area contributed by atoms with Crippen molar-refractivity contribution in [2.75, 3.05) is 44.6 Å². The average Bonchev–Trinajstić information content (AvgIpc) is 2.70. The summed E-state index contributed by atoms with van der Waals surface area (Å²) in [6.07, 6.45) is 1.02. The third-order valence-corrected chi connectivity index (χ3v) is 5.00. The number of quaternary nitrogens is 2. The quantitative estimate of drug-likeness (QED) is 0.480. The van der Waals surface area contributed by atoms with E-state index in [0.29, 0.717) is 13.1 Å². The number of aryl methyl sites for hydroxylation is 2. The van der Waals surface area contributed by atoms with Crippen molar-refractivity contribution in [1.82, 2.24) is 15.1 Å². The van der Waals surface area contributed by atoms with Crippen LogP contribution in [0.1, 0.15) is 38.6 Å². The van der Waals surface area contributed by atoms with Gasteiger partial charge in [0.15, 0.2) is 13.1 Å². The first kappa shape index (κ1) is 21.4. The summed E-state index contributed by atoms with van der Waals surface area (Å²) in [5.74, 6) is 0.124. The maximum Gasteiger partial charge on any atom is 0.279 e. The molecule has 0 aromatic carbocycles. The number of nitrogens with one attached hydrogen (secondary N) is 4. The molecule has 152 valence electrons. The van der Waals surface area contributed by atoms with Crippen molar-refractivity contribution in [1.29, 1.82) is 0 Å². The average molecular weight is 381 g/mol. The number of carbonyl (C=O) groups is 2. The lowest BCUT2D eigenvalue weighted by Gasteiger charge is -2.22. The van der Waals surface area contributed by atoms with Gasteiger partial charge in [0.25, 0.3) is 11.8 Å². The number of carbonyl (C=O) groups excluding carboxylic acids is 2. The molecular weight excluding hydrogens is 344 g/mol. The first-order valence-electron chi connectivity index (χ1n) is 9.83. The molecule has 2 amide bonds. The lowest BCUT2D eigenvalue weighted by Crippen LogP contribution is -3.18. The Morgan fingerprint density at radius 2 is 1.59 bits per heavy atom. The van der Waals surface area contributed by atoms with Crippen molar-refractivity contribution in [3.05, 3.63) is 11.4 Å². The van der Waals surface area contributed by atoms with Crippen LogP contribution in [-0.4, -0.2) is 66.4 Å². The van der Waals surface area contributed by atoms with E-state index in [0.717, 1.165) is 49.7 Å². The molecule has 1 aromatic heterocycles. The van der Waals surface area contributed by atoms with Gasteiger partial charge in [-0.15, -0.1) is 0 Å². The van der Waals surface area contributed by atoms with E-state index in [1.165, 1.54) is 9.80 Å². The second kappa shape index (κ2) is 8.84. The van der Waals surface area contributed by atoms with Gasteiger partial charge in [-0.25, -0.2) is 0 Å². The minimum absolute atomic E-state index is 0.0260. The summed E-state index contributed by atoms with van der Waals surface area (Å²) < 4.78 is 1.79. The molecule has 1 aliphatic heterocycles. The Bertz CT molecular complexity index is 676. The third kappa shape index (κ3) is 6.62. The summed E-state index contributed by atoms with van der Waals surface area (Å²) >= 11 is 0. The molecule has 0 aliphatic carbocycles. The van der Waals surface area contributed by atoms with E-state index in [-0.39, 0.29) is 17.4 Å². The smallest absolute Gasteiger partial charge is 0.279 e. The van der Waals surface area contributed by atoms with Gasteiger partial charge in [-0.1, -0.05) is 0 Å². The minimum Gasteiger partial charge on any atom is -0.347 e. The van der Waals surface area contributed by atoms with Gasteiger partial charge in [0.1, 0.15) is 13.1 Å². The highest BCUT2D eigenvalue weighted by Gasteiger charge is 2.25. The molecule has 4 N–H and O–H groups in total. The number of amides is 2. The van der Waals surface area contributed by atoms with Gasteiger partial charge in [-0.3, -0.25) is 14.3 Å². The highest BCUT2D eigenvalue weighted by Crippen LogP contribution is 2.17. The Labute approximate surface area is 162 Å². The summed E-state index contributed by atoms with van der Waals surface area (Å²) in [7, 11) is 1.88. The van der Waals surface area contributed by atoms with Crippen LogP contribution in [0.4, 0.5) is 5.69 Å². The van der Waals surface area contributed by atoms with Gasteiger partial charge < -0.3 is 20.4 Å². The van der Waals surface area contributed by atoms with Gasteiger partial charge >= 0.3 is 0 Å². The van der Waals surface area contributed by atoms with Gasteiger partial charge in [0.2, 0.25) is 0 Å². The lowest BCUT2D eigenvalue weighted by molar-refractivity contribution is -0.930. The molecule has 0 spiro atoms. The van der Waals surface area contributed by atoms with Crippen LogP contribution in [0.25, 0.3) is 0 Å². The zero-order valence-corrected chi connectivity index (χ0v) is 17.7. The van der Waals surface area contributed by atoms with Crippen LogP contribution < -0.4 is 20.4 Å². The molecule has 2 heterocycles. The van der Waals surface area contributed by atoms with Gasteiger partial charge in [-0.2, -0.15) is 5.10 Å². The minimum atomic E-state index is -0.194. The topological polar surface area (TPSA) is 84.9 Å². The van der Waals surface area contributed by atoms with E-state index < -0.39 is 0 Å². The molecule has 0 radical (unpaired) electrons. The fraction of sp³-hybridized carbons (Fsp3) is 0.737. The maximum absolute atomic E-state index is 12.5. The van der Waals surface area contributed by atoms with Crippen molar-refractivity contribution in [3.8, 4) is 0 Å². The summed E-state index contributed by atoms with van der Waals surface area (Å²) in [5, 5.41) is 10.4. The first-order valence-corrected chi connectivity index (χ1v) is 9.83. The number of hydrogen-bond donors (Lipinski definition) is 4. The van der Waals surface area contributed by atoms with Crippen molar-refractivity contribution >= 4 is 17.5 Å². The molecule has 2 atom stereocenters. The van der Waals surface area contributed by atoms with Crippen LogP contribution in [0.2, 0.25) is 0 Å². The Hall–Kier alpha value is -1.93. The molecular formula is C19H36N6O2+2. The van der Waals surface area contributed by atoms with E-state index in [4.69, 9.17) is 0 Å². The summed E-state index contributed by atoms with van der Waals surface area (Å²) in [4.78, 5) is 27.2. The largest absolute Gasteiger partial charge is 0.347 e. The molecule has 1 aromatic rings. The van der Waals surface area contributed by atoms with E-state index in [1.807, 2.05) is 41.7 Å². The van der Waals surface area contributed by atoms with E-state index in [9.17, 15) is 9.59 Å². The van der Waals surface area contributed by atoms with Crippen molar-refractivity contribution in [2.24, 2.45) is 7.05 Å². The van der Waals surface area contributed by atoms with Crippen molar-refractivity contribution in [3.63, 3.8) is 0 Å². The Balaban J connectivity index is 1.82. The molecule has 2 rings (SSSR count). The standard InChI is InChI=1S/C19H34N6O2/c1-14-18(15(2)23(6)22-14)20-16(26)12-24-8-7-9-25(11-10-24)13-17(27)21-19(3,4)5/h7-13H2,1-6H3,(H,20,26)(H,21,27)/p+2. The lowest BCUT2D eigenvalue weighted by atomic mass is 10.1. The highest BCUT2D eigenvalue weighted by atomic mass is 16.2. The summed E-state index contributed by atoms with van der Waals surface area (Å²) in [6.45, 7) is 14.6. The molecule has 8 nitrogen and oxygen atoms in total. The number of hydrogen-bond acceptors (Lipinski definition) is 3. The third-order valence-electron chi connectivity index (χ3n) is 5.00. The molecule has 0 bridgehead atoms. The van der Waals surface area contributed by atoms with Gasteiger partial charge in [0, 0.05) is 19.0 Å². The second-order valence-corrected chi connectivity index (χ2v) is 8.72. The molecule has 0 saturated carbocycles. The number of aromatic nitrogens is 2. The van der Waals surface area contributed by atoms with Crippen LogP contribution >= 0.6 is 0 Å². The summed E-state index contributed by atoms with van der Waals surface area (Å²) in [6, 6.07) is 0. The van der Waals surface area contributed by atoms with Gasteiger partial charge in [-0.05, 0) is 34.6 Å². The van der Waals surface area contributed by atoms with E-state index in [1.54, 1.807) is 4.68 Å². The van der Waals surface area contributed by atoms with Crippen LogP contribution in [0.15, 0.2) is 0 Å². The SMILES string of the molecule is Cc1nn(C)c(C)c1NC(=O)C[NH+]1CCC[NH+](CC(=O)NC(C)(C)C)CC1. The first-order chi connectivity index (χ1) is 12.5. The fourth-order valence-electron chi connectivity index (χ4n) is 3.60. The van der Waals surface area contributed by atoms with Crippen LogP contribution in [0.5, 0.6) is 0 Å². The van der Waals surface area contributed by atoms with Crippen LogP contribution in [0.3, 0.4) is 0 Å². The predicted molar refractivity (Wildman–Crippen MR) is 105 cm³/mol. The molecule has 27 heavy (non-hydrogen) atoms. The number of anilines is 1. The van der Waals surface area contributed by atoms with Crippen molar-refractivity contribution < 1.29 is 19.4 Å². The summed E-state index contributed by atoms with van der Waals surface area (Å²) in [5.41, 5.74) is 2.44. The Morgan fingerprint density at radius 1 is 1.04 bits per heavy atom. The molecule has 1 aliphatic rings. The molecule has 1 fully saturated rings. The molecule has 2 unspecified atom stereocenters. The maximum atomic E-state index is 12.5. The Morgan fingerprint density at radius 3 is 2.07 bits per heavy atom. The van der Waals surface area contributed by atoms with E-state index >= 15 is 0 Å². The van der Waals surface area contributed by atoms with Crippen molar-refractivity contribution in [2.45, 2.75) is 46.6 Å². The number of nitrogens with zero attached hydrogens (tertiary/aromatic N) is 2. The monoisotopic (exact) mass is 380 g/mol. The Kier molecular flexibility index (Phi) is 7.00. The number of rotatable bonds is 5. The zero-order valence-electron chi connectivity index (χ0n) is 17.7. The fourth-order valence-corrected chi connectivity index (χ4v) is 3.60. The predicted octanol–water partition coefficient (Wildman–Crippen LogP) is -1.94. The molecule has 1 saturated heterocycles. The normalized spacial score (nSPS) is 20.8. The highest BCUT2D eigenvalue weighted by molar-refractivity contribution is 5.92. The van der Waals surface area contributed by atoms with Crippen LogP contribution in [-0.2, 0) is 16.6 Å². The molecule has 8 heteroatoms.